The SMILES string of the molecule is CN1CCCC(Cn2c(CCl)nc3cccnc32)C1. The van der Waals surface area contributed by atoms with Crippen LogP contribution in [0.2, 0.25) is 0 Å². The topological polar surface area (TPSA) is 34.0 Å². The summed E-state index contributed by atoms with van der Waals surface area (Å²) in [7, 11) is 2.19. The highest BCUT2D eigenvalue weighted by Gasteiger charge is 2.20. The summed E-state index contributed by atoms with van der Waals surface area (Å²) in [5.41, 5.74) is 1.91. The van der Waals surface area contributed by atoms with Gasteiger partial charge in [-0.15, -0.1) is 11.6 Å². The fraction of sp³-hybridized carbons (Fsp3) is 0.571. The molecule has 1 fully saturated rings. The summed E-state index contributed by atoms with van der Waals surface area (Å²) in [4.78, 5) is 11.4. The number of hydrogen-bond donors (Lipinski definition) is 0. The van der Waals surface area contributed by atoms with Crippen LogP contribution in [0, 0.1) is 5.92 Å². The molecule has 0 saturated carbocycles. The van der Waals surface area contributed by atoms with Crippen molar-refractivity contribution >= 4 is 22.8 Å². The third-order valence-corrected chi connectivity index (χ3v) is 4.10. The predicted molar refractivity (Wildman–Crippen MR) is 77.3 cm³/mol. The van der Waals surface area contributed by atoms with E-state index in [9.17, 15) is 0 Å². The number of rotatable bonds is 3. The molecule has 1 aliphatic rings. The fourth-order valence-corrected chi connectivity index (χ4v) is 3.18. The lowest BCUT2D eigenvalue weighted by atomic mass is 9.98. The van der Waals surface area contributed by atoms with E-state index < -0.39 is 0 Å². The summed E-state index contributed by atoms with van der Waals surface area (Å²) in [6.07, 6.45) is 4.38. The van der Waals surface area contributed by atoms with E-state index >= 15 is 0 Å². The number of imidazole rings is 1. The Morgan fingerprint density at radius 2 is 2.37 bits per heavy atom. The molecule has 0 N–H and O–H groups in total. The number of hydrogen-bond acceptors (Lipinski definition) is 3. The van der Waals surface area contributed by atoms with Crippen molar-refractivity contribution < 1.29 is 0 Å². The number of piperidine rings is 1. The molecule has 4 nitrogen and oxygen atoms in total. The molecule has 0 spiro atoms. The first kappa shape index (κ1) is 12.9. The monoisotopic (exact) mass is 278 g/mol. The molecule has 2 aromatic heterocycles. The molecule has 3 heterocycles. The van der Waals surface area contributed by atoms with Crippen LogP contribution >= 0.6 is 11.6 Å². The lowest BCUT2D eigenvalue weighted by molar-refractivity contribution is 0.194. The predicted octanol–water partition coefficient (Wildman–Crippen LogP) is 2.51. The van der Waals surface area contributed by atoms with Gasteiger partial charge in [-0.2, -0.15) is 0 Å². The van der Waals surface area contributed by atoms with Crippen molar-refractivity contribution in [3.63, 3.8) is 0 Å². The molecule has 0 bridgehead atoms. The van der Waals surface area contributed by atoms with Crippen LogP contribution in [0.1, 0.15) is 18.7 Å². The normalized spacial score (nSPS) is 21.1. The molecular weight excluding hydrogens is 260 g/mol. The number of pyridine rings is 1. The molecule has 1 unspecified atom stereocenters. The van der Waals surface area contributed by atoms with Crippen LogP contribution in [0.15, 0.2) is 18.3 Å². The van der Waals surface area contributed by atoms with Gasteiger partial charge in [0.1, 0.15) is 11.3 Å². The second-order valence-corrected chi connectivity index (χ2v) is 5.66. The van der Waals surface area contributed by atoms with Crippen LogP contribution in [0.3, 0.4) is 0 Å². The molecule has 0 amide bonds. The van der Waals surface area contributed by atoms with Crippen molar-refractivity contribution in [1.82, 2.24) is 19.4 Å². The van der Waals surface area contributed by atoms with Crippen molar-refractivity contribution in [2.75, 3.05) is 20.1 Å². The summed E-state index contributed by atoms with van der Waals surface area (Å²) < 4.78 is 2.20. The molecule has 102 valence electrons. The second kappa shape index (κ2) is 5.47. The van der Waals surface area contributed by atoms with E-state index in [0.29, 0.717) is 11.8 Å². The smallest absolute Gasteiger partial charge is 0.160 e. The maximum absolute atomic E-state index is 6.03. The number of likely N-dealkylation sites (tertiary alicyclic amines) is 1. The Morgan fingerprint density at radius 1 is 1.47 bits per heavy atom. The van der Waals surface area contributed by atoms with E-state index in [1.165, 1.54) is 19.4 Å². The standard InChI is InChI=1S/C14H19ClN4/c1-18-7-3-4-11(9-18)10-19-13(8-15)17-12-5-2-6-16-14(12)19/h2,5-6,11H,3-4,7-10H2,1H3. The maximum Gasteiger partial charge on any atom is 0.160 e. The quantitative estimate of drug-likeness (QED) is 0.809. The molecule has 19 heavy (non-hydrogen) atoms. The molecule has 3 rings (SSSR count). The first-order chi connectivity index (χ1) is 9.28. The highest BCUT2D eigenvalue weighted by atomic mass is 35.5. The van der Waals surface area contributed by atoms with Gasteiger partial charge >= 0.3 is 0 Å². The van der Waals surface area contributed by atoms with Crippen molar-refractivity contribution in [1.29, 1.82) is 0 Å². The Hall–Kier alpha value is -1.13. The minimum Gasteiger partial charge on any atom is -0.311 e. The van der Waals surface area contributed by atoms with Crippen molar-refractivity contribution in [2.24, 2.45) is 5.92 Å². The summed E-state index contributed by atoms with van der Waals surface area (Å²) in [5.74, 6) is 2.04. The Balaban J connectivity index is 1.90. The first-order valence-corrected chi connectivity index (χ1v) is 7.36. The number of fused-ring (bicyclic) bond motifs is 1. The van der Waals surface area contributed by atoms with E-state index in [4.69, 9.17) is 11.6 Å². The van der Waals surface area contributed by atoms with Gasteiger partial charge in [0.25, 0.3) is 0 Å². The van der Waals surface area contributed by atoms with Crippen LogP contribution in [-0.2, 0) is 12.4 Å². The lowest BCUT2D eigenvalue weighted by Gasteiger charge is -2.30. The minimum absolute atomic E-state index is 0.443. The van der Waals surface area contributed by atoms with E-state index in [2.05, 4.69) is 26.5 Å². The molecule has 1 saturated heterocycles. The van der Waals surface area contributed by atoms with E-state index in [0.717, 1.165) is 30.1 Å². The van der Waals surface area contributed by atoms with Gasteiger partial charge in [-0.25, -0.2) is 9.97 Å². The molecule has 1 aliphatic heterocycles. The van der Waals surface area contributed by atoms with Crippen LogP contribution in [0.25, 0.3) is 11.2 Å². The van der Waals surface area contributed by atoms with Gasteiger partial charge in [0.2, 0.25) is 0 Å². The van der Waals surface area contributed by atoms with Gasteiger partial charge < -0.3 is 9.47 Å². The zero-order valence-electron chi connectivity index (χ0n) is 11.2. The number of halogens is 1. The Kier molecular flexibility index (Phi) is 3.71. The first-order valence-electron chi connectivity index (χ1n) is 6.82. The number of aromatic nitrogens is 3. The van der Waals surface area contributed by atoms with Crippen molar-refractivity contribution in [3.8, 4) is 0 Å². The largest absolute Gasteiger partial charge is 0.311 e. The maximum atomic E-state index is 6.03. The van der Waals surface area contributed by atoms with Gasteiger partial charge in [-0.3, -0.25) is 0 Å². The van der Waals surface area contributed by atoms with E-state index in [-0.39, 0.29) is 0 Å². The second-order valence-electron chi connectivity index (χ2n) is 5.39. The summed E-state index contributed by atoms with van der Waals surface area (Å²) in [6, 6.07) is 3.92. The van der Waals surface area contributed by atoms with Crippen molar-refractivity contribution in [2.45, 2.75) is 25.3 Å². The average Bonchev–Trinajstić information content (AvgIpc) is 2.77. The van der Waals surface area contributed by atoms with Crippen LogP contribution in [0.5, 0.6) is 0 Å². The highest BCUT2D eigenvalue weighted by Crippen LogP contribution is 2.22. The summed E-state index contributed by atoms with van der Waals surface area (Å²) >= 11 is 6.03. The average molecular weight is 279 g/mol. The third-order valence-electron chi connectivity index (χ3n) is 3.87. The molecule has 1 atom stereocenters. The number of nitrogens with zero attached hydrogens (tertiary/aromatic N) is 4. The molecule has 0 aliphatic carbocycles. The molecular formula is C14H19ClN4. The third kappa shape index (κ3) is 2.60. The lowest BCUT2D eigenvalue weighted by Crippen LogP contribution is -2.34. The van der Waals surface area contributed by atoms with Gasteiger partial charge in [0.05, 0.1) is 5.88 Å². The minimum atomic E-state index is 0.443. The van der Waals surface area contributed by atoms with Gasteiger partial charge in [0, 0.05) is 19.3 Å². The summed E-state index contributed by atoms with van der Waals surface area (Å²) in [5, 5.41) is 0. The molecule has 5 heteroatoms. The van der Waals surface area contributed by atoms with Gasteiger partial charge in [-0.1, -0.05) is 0 Å². The number of alkyl halides is 1. The summed E-state index contributed by atoms with van der Waals surface area (Å²) in [6.45, 7) is 3.33. The zero-order valence-corrected chi connectivity index (χ0v) is 12.0. The van der Waals surface area contributed by atoms with Crippen LogP contribution in [-0.4, -0.2) is 39.6 Å². The Morgan fingerprint density at radius 3 is 3.16 bits per heavy atom. The molecule has 2 aromatic rings. The Bertz CT molecular complexity index is 566. The van der Waals surface area contributed by atoms with Gasteiger partial charge in [0.15, 0.2) is 5.65 Å². The van der Waals surface area contributed by atoms with Gasteiger partial charge in [-0.05, 0) is 44.5 Å². The highest BCUT2D eigenvalue weighted by molar-refractivity contribution is 6.16. The van der Waals surface area contributed by atoms with Crippen molar-refractivity contribution in [3.05, 3.63) is 24.2 Å². The fourth-order valence-electron chi connectivity index (χ4n) is 2.98. The Labute approximate surface area is 118 Å². The van der Waals surface area contributed by atoms with E-state index in [1.54, 1.807) is 0 Å². The zero-order chi connectivity index (χ0) is 13.2. The van der Waals surface area contributed by atoms with Crippen LogP contribution < -0.4 is 0 Å². The molecule has 0 aromatic carbocycles. The van der Waals surface area contributed by atoms with Crippen LogP contribution in [0.4, 0.5) is 0 Å². The molecule has 0 radical (unpaired) electrons. The van der Waals surface area contributed by atoms with E-state index in [1.807, 2.05) is 18.3 Å².